The van der Waals surface area contributed by atoms with E-state index in [4.69, 9.17) is 0 Å². The molecule has 3 saturated heterocycles. The number of hydrogen-bond acceptors (Lipinski definition) is 3. The predicted octanol–water partition coefficient (Wildman–Crippen LogP) is 2.70. The average Bonchev–Trinajstić information content (AvgIpc) is 2.75. The number of aryl methyl sites for hydroxylation is 1. The number of ketones is 1. The number of hydrogen-bond donors (Lipinski definition) is 1. The topological polar surface area (TPSA) is 73.5 Å². The molecule has 5 rings (SSSR count). The summed E-state index contributed by atoms with van der Waals surface area (Å²) in [7, 11) is 0. The lowest BCUT2D eigenvalue weighted by Gasteiger charge is -2.36. The minimum absolute atomic E-state index is 0.00129. The first kappa shape index (κ1) is 18.3. The first-order valence-corrected chi connectivity index (χ1v) is 10.2. The zero-order valence-electron chi connectivity index (χ0n) is 16.5. The summed E-state index contributed by atoms with van der Waals surface area (Å²) in [5.74, 6) is 0.800. The van der Waals surface area contributed by atoms with Crippen molar-refractivity contribution in [3.63, 3.8) is 0 Å². The van der Waals surface area contributed by atoms with E-state index < -0.39 is 0 Å². The zero-order chi connectivity index (χ0) is 19.3. The molecule has 2 atom stereocenters. The van der Waals surface area contributed by atoms with E-state index in [0.29, 0.717) is 36.2 Å². The Morgan fingerprint density at radius 1 is 1.00 bits per heavy atom. The Labute approximate surface area is 160 Å². The number of Topliss-reactive ketones (excluding diaryl/α,β-unsaturated/α-hetero) is 1. The lowest BCUT2D eigenvalue weighted by Crippen LogP contribution is -2.48. The lowest BCUT2D eigenvalue weighted by molar-refractivity contribution is -0.138. The third-order valence-electron chi connectivity index (χ3n) is 6.74. The molecule has 1 aliphatic carbocycles. The van der Waals surface area contributed by atoms with E-state index in [2.05, 4.69) is 4.98 Å². The van der Waals surface area contributed by atoms with Crippen molar-refractivity contribution >= 4 is 17.6 Å². The highest BCUT2D eigenvalue weighted by molar-refractivity contribution is 6.02. The molecule has 146 valence electrons. The van der Waals surface area contributed by atoms with Gasteiger partial charge in [-0.1, -0.05) is 6.42 Å². The fraction of sp³-hybridized carbons (Fsp3) is 0.667. The molecule has 4 aliphatic rings. The molecule has 4 heterocycles. The largest absolute Gasteiger partial charge is 0.355 e. The van der Waals surface area contributed by atoms with E-state index in [1.54, 1.807) is 0 Å². The van der Waals surface area contributed by atoms with Crippen molar-refractivity contribution in [2.45, 2.75) is 58.9 Å². The van der Waals surface area contributed by atoms with Crippen molar-refractivity contribution < 1.29 is 14.4 Å². The summed E-state index contributed by atoms with van der Waals surface area (Å²) in [6.07, 6.45) is 5.22. The second-order valence-corrected chi connectivity index (χ2v) is 8.61. The highest BCUT2D eigenvalue weighted by Gasteiger charge is 2.41. The van der Waals surface area contributed by atoms with Crippen molar-refractivity contribution in [2.75, 3.05) is 19.6 Å². The Kier molecular flexibility index (Phi) is 4.60. The van der Waals surface area contributed by atoms with Gasteiger partial charge in [-0.15, -0.1) is 0 Å². The van der Waals surface area contributed by atoms with Gasteiger partial charge in [0.2, 0.25) is 5.91 Å². The Hall–Kier alpha value is -2.11. The van der Waals surface area contributed by atoms with Crippen LogP contribution >= 0.6 is 0 Å². The van der Waals surface area contributed by atoms with Crippen LogP contribution < -0.4 is 0 Å². The average molecular weight is 371 g/mol. The fourth-order valence-electron chi connectivity index (χ4n) is 4.99. The molecule has 6 heteroatoms. The van der Waals surface area contributed by atoms with Gasteiger partial charge in [-0.05, 0) is 51.0 Å². The quantitative estimate of drug-likeness (QED) is 0.830. The van der Waals surface area contributed by atoms with Crippen LogP contribution in [0.15, 0.2) is 0 Å². The van der Waals surface area contributed by atoms with E-state index in [9.17, 15) is 14.4 Å². The van der Waals surface area contributed by atoms with Gasteiger partial charge in [-0.3, -0.25) is 14.4 Å². The molecule has 0 aromatic carbocycles. The van der Waals surface area contributed by atoms with Gasteiger partial charge in [0, 0.05) is 44.2 Å². The van der Waals surface area contributed by atoms with Gasteiger partial charge in [0.1, 0.15) is 0 Å². The monoisotopic (exact) mass is 371 g/mol. The number of carbonyl (C=O) groups excluding carboxylic acids is 3. The van der Waals surface area contributed by atoms with Gasteiger partial charge in [-0.2, -0.15) is 0 Å². The minimum Gasteiger partial charge on any atom is -0.355 e. The van der Waals surface area contributed by atoms with Gasteiger partial charge in [0.05, 0.1) is 11.3 Å². The second kappa shape index (κ2) is 6.80. The van der Waals surface area contributed by atoms with Crippen LogP contribution in [0.4, 0.5) is 0 Å². The number of amides is 2. The van der Waals surface area contributed by atoms with Gasteiger partial charge >= 0.3 is 0 Å². The molecule has 2 amide bonds. The third-order valence-corrected chi connectivity index (χ3v) is 6.74. The van der Waals surface area contributed by atoms with Crippen LogP contribution in [0.25, 0.3) is 0 Å². The van der Waals surface area contributed by atoms with Crippen molar-refractivity contribution in [3.8, 4) is 0 Å². The molecule has 0 radical (unpaired) electrons. The third kappa shape index (κ3) is 3.09. The Bertz CT molecular complexity index is 793. The van der Waals surface area contributed by atoms with E-state index >= 15 is 0 Å². The van der Waals surface area contributed by atoms with Crippen LogP contribution in [0.3, 0.4) is 0 Å². The van der Waals surface area contributed by atoms with E-state index in [-0.39, 0.29) is 23.7 Å². The number of carbonyl (C=O) groups is 3. The lowest BCUT2D eigenvalue weighted by atomic mass is 9.84. The Balaban J connectivity index is 1.57. The molecular weight excluding hydrogens is 342 g/mol. The summed E-state index contributed by atoms with van der Waals surface area (Å²) in [5, 5.41) is 0. The van der Waals surface area contributed by atoms with Crippen molar-refractivity contribution in [1.82, 2.24) is 14.8 Å². The molecule has 4 fully saturated rings. The minimum atomic E-state index is -0.0516. The molecule has 2 unspecified atom stereocenters. The Morgan fingerprint density at radius 2 is 1.74 bits per heavy atom. The predicted molar refractivity (Wildman–Crippen MR) is 102 cm³/mol. The zero-order valence-corrected chi connectivity index (χ0v) is 16.5. The number of aromatic nitrogens is 1. The normalized spacial score (nSPS) is 25.3. The maximum Gasteiger partial charge on any atom is 0.256 e. The SMILES string of the molecule is CC(=O)c1[nH]c(C)c(C(=O)N2CC3CCC2CN(C(=O)C2CCC2)C3)c1C. The summed E-state index contributed by atoms with van der Waals surface area (Å²) in [5.41, 5.74) is 2.65. The number of nitrogens with one attached hydrogen (secondary N) is 1. The Morgan fingerprint density at radius 3 is 2.33 bits per heavy atom. The van der Waals surface area contributed by atoms with Crippen LogP contribution in [-0.2, 0) is 4.79 Å². The summed E-state index contributed by atoms with van der Waals surface area (Å²) < 4.78 is 0. The van der Waals surface area contributed by atoms with Crippen LogP contribution in [-0.4, -0.2) is 58.1 Å². The van der Waals surface area contributed by atoms with E-state index in [1.807, 2.05) is 23.6 Å². The van der Waals surface area contributed by atoms with Gasteiger partial charge in [0.25, 0.3) is 5.91 Å². The van der Waals surface area contributed by atoms with Gasteiger partial charge in [0.15, 0.2) is 5.78 Å². The highest BCUT2D eigenvalue weighted by atomic mass is 16.2. The first-order chi connectivity index (χ1) is 12.9. The van der Waals surface area contributed by atoms with Crippen molar-refractivity contribution in [1.29, 1.82) is 0 Å². The molecular formula is C21H29N3O3. The van der Waals surface area contributed by atoms with Crippen molar-refractivity contribution in [3.05, 3.63) is 22.5 Å². The standard InChI is InChI=1S/C21H29N3O3/c1-12-18(13(2)22-19(12)14(3)25)21(27)24-10-15-7-8-17(24)11-23(9-15)20(26)16-5-4-6-16/h15-17,22H,4-11H2,1-3H3. The van der Waals surface area contributed by atoms with Crippen molar-refractivity contribution in [2.24, 2.45) is 11.8 Å². The molecule has 1 saturated carbocycles. The molecule has 2 bridgehead atoms. The number of piperidine rings is 1. The van der Waals surface area contributed by atoms with Gasteiger partial charge < -0.3 is 14.8 Å². The molecule has 1 aromatic heterocycles. The second-order valence-electron chi connectivity index (χ2n) is 8.61. The first-order valence-electron chi connectivity index (χ1n) is 10.2. The molecule has 1 aromatic rings. The van der Waals surface area contributed by atoms with Crippen LogP contribution in [0.5, 0.6) is 0 Å². The smallest absolute Gasteiger partial charge is 0.256 e. The molecule has 0 spiro atoms. The summed E-state index contributed by atoms with van der Waals surface area (Å²) in [6.45, 7) is 7.35. The van der Waals surface area contributed by atoms with Gasteiger partial charge in [-0.25, -0.2) is 0 Å². The van der Waals surface area contributed by atoms with Crippen LogP contribution in [0.1, 0.15) is 71.1 Å². The highest BCUT2D eigenvalue weighted by Crippen LogP contribution is 2.34. The maximum atomic E-state index is 13.4. The summed E-state index contributed by atoms with van der Waals surface area (Å²) in [6, 6.07) is 0.0785. The van der Waals surface area contributed by atoms with Crippen LogP contribution in [0, 0.1) is 25.7 Å². The summed E-state index contributed by atoms with van der Waals surface area (Å²) in [4.78, 5) is 45.1. The number of aromatic amines is 1. The summed E-state index contributed by atoms with van der Waals surface area (Å²) >= 11 is 0. The van der Waals surface area contributed by atoms with E-state index in [0.717, 1.165) is 49.9 Å². The maximum absolute atomic E-state index is 13.4. The number of rotatable bonds is 3. The van der Waals surface area contributed by atoms with Crippen LogP contribution in [0.2, 0.25) is 0 Å². The molecule has 6 nitrogen and oxygen atoms in total. The molecule has 1 N–H and O–H groups in total. The van der Waals surface area contributed by atoms with E-state index in [1.165, 1.54) is 6.92 Å². The number of nitrogens with zero attached hydrogens (tertiary/aromatic N) is 2. The number of H-pyrrole nitrogens is 1. The molecule has 27 heavy (non-hydrogen) atoms. The molecule has 3 aliphatic heterocycles. The fourth-order valence-corrected chi connectivity index (χ4v) is 4.99. The number of fused-ring (bicyclic) bond motifs is 4.